The highest BCUT2D eigenvalue weighted by atomic mass is 16.8. The van der Waals surface area contributed by atoms with Gasteiger partial charge < -0.3 is 228 Å². The van der Waals surface area contributed by atoms with Crippen LogP contribution < -0.4 is 4.74 Å². The van der Waals surface area contributed by atoms with Crippen LogP contribution in [0.2, 0.25) is 0 Å². The van der Waals surface area contributed by atoms with Gasteiger partial charge in [-0.3, -0.25) is 4.79 Å². The van der Waals surface area contributed by atoms with Crippen LogP contribution in [0.5, 0.6) is 11.5 Å². The van der Waals surface area contributed by atoms with Crippen molar-refractivity contribution in [1.82, 2.24) is 0 Å². The minimum atomic E-state index is -2.23. The minimum absolute atomic E-state index is 0.0192. The van der Waals surface area contributed by atoms with Crippen molar-refractivity contribution in [3.63, 3.8) is 0 Å². The summed E-state index contributed by atoms with van der Waals surface area (Å²) in [7, 11) is 1.31. The second-order valence-corrected chi connectivity index (χ2v) is 41.9. The molecule has 0 amide bonds. The van der Waals surface area contributed by atoms with E-state index in [1.807, 2.05) is 6.92 Å². The van der Waals surface area contributed by atoms with Crippen molar-refractivity contribution in [1.29, 1.82) is 0 Å². The normalized spacial score (nSPS) is 51.0. The molecule has 0 unspecified atom stereocenters. The van der Waals surface area contributed by atoms with Crippen LogP contribution in [0.4, 0.5) is 0 Å². The molecule has 1 aromatic rings. The summed E-state index contributed by atoms with van der Waals surface area (Å²) in [5.41, 5.74) is -2.59. The van der Waals surface area contributed by atoms with Crippen LogP contribution in [0.15, 0.2) is 35.9 Å². The molecule has 15 rings (SSSR count). The predicted octanol–water partition coefficient (Wildman–Crippen LogP) is -8.63. The van der Waals surface area contributed by atoms with E-state index in [1.54, 1.807) is 0 Å². The zero-order chi connectivity index (χ0) is 102. The Labute approximate surface area is 805 Å². The molecule has 140 heavy (non-hydrogen) atoms. The quantitative estimate of drug-likeness (QED) is 0.0160. The van der Waals surface area contributed by atoms with Crippen molar-refractivity contribution in [3.8, 4) is 11.5 Å². The molecule has 4 saturated carbocycles. The Morgan fingerprint density at radius 1 is 0.436 bits per heavy atom. The average Bonchev–Trinajstić information content (AvgIpc) is 0.671. The van der Waals surface area contributed by atoms with E-state index in [0.717, 1.165) is 11.6 Å². The Balaban J connectivity index is 0.576. The molecular formula is C92H142O48. The number of aliphatic hydroxyl groups excluding tert-OH is 25. The van der Waals surface area contributed by atoms with E-state index in [4.69, 9.17) is 94.7 Å². The van der Waals surface area contributed by atoms with E-state index >= 15 is 4.79 Å². The molecular weight excluding hydrogens is 1870 g/mol. The standard InChI is InChI=1S/C92H142O48/c1-34-52(101)59(108)65(114)79(125-34)135-71-44(28-95)129-77(68(117)62(71)111)123-31-46-56(105)61(110)67(116)82(132-46)140-86(120)92-22-20-87(3,4)25-38(92)37-12-14-49-88(5)18-17-50(89(6,33-97)48(88)16-19-91(49,8)90(37,7)21-23-92)133-84-75(54(103)40(99)30-122-84)139-83-70(119)73(53(102)35(2)126-83)137-78-64(113)57(106)47(32-124-78)131-80-69(118)63(112)72(45(29-96)130-80)136-85-76(134-51(100)15-11-36-10-13-41(121-9)39(98)24-36)74(58(107)43(27-94)128-85)138-81-66(115)60(109)55(104)42(26-93)127-81/h10-13,15,24,34-35,38,40,42-50,52-85,93-99,101-119H,14,16-23,25-33H2,1-9H3/b15-11+/t34-,35-,38-,40-,42+,43+,44+,45+,46+,47+,48+,49+,50-,52-,53-,54-,55+,56+,57+,58+,59+,60-,61-,62+,63+,64+,65+,66+,67+,68+,69+,70+,71+,72+,73+,74-,75+,76+,77+,78-,79-,80-,81-,82-,83-,84-,85-,88-,89-,90+,91+,92-/m0/s1. The van der Waals surface area contributed by atoms with Gasteiger partial charge in [-0.15, -0.1) is 0 Å². The molecule has 1 aromatic carbocycles. The first-order chi connectivity index (χ1) is 66.1. The minimum Gasteiger partial charge on any atom is -0.504 e. The van der Waals surface area contributed by atoms with Crippen LogP contribution in [0.3, 0.4) is 0 Å². The number of ether oxygens (including phenoxy) is 20. The summed E-state index contributed by atoms with van der Waals surface area (Å²) in [6, 6.07) is 4.06. The van der Waals surface area contributed by atoms with E-state index in [2.05, 4.69) is 40.7 Å². The summed E-state index contributed by atoms with van der Waals surface area (Å²) in [5.74, 6) is -2.80. The number of carbonyl (C=O) groups is 2. The highest BCUT2D eigenvalue weighted by Gasteiger charge is 2.72. The number of hydrogen-bond acceptors (Lipinski definition) is 48. The summed E-state index contributed by atoms with van der Waals surface area (Å²) in [6.45, 7) is 9.63. The molecule has 26 N–H and O–H groups in total. The first-order valence-corrected chi connectivity index (χ1v) is 48.0. The van der Waals surface area contributed by atoms with Crippen molar-refractivity contribution in [3.05, 3.63) is 41.5 Å². The monoisotopic (exact) mass is 2010 g/mol. The fraction of sp³-hybridized carbons (Fsp3) is 0.870. The Kier molecular flexibility index (Phi) is 34.2. The summed E-state index contributed by atoms with van der Waals surface area (Å²) in [6.07, 6.45) is -70.1. The number of hydrogen-bond donors (Lipinski definition) is 26. The van der Waals surface area contributed by atoms with Gasteiger partial charge in [-0.05, 0) is 141 Å². The van der Waals surface area contributed by atoms with Gasteiger partial charge in [0, 0.05) is 11.5 Å². The van der Waals surface area contributed by atoms with Crippen LogP contribution in [0.25, 0.3) is 6.08 Å². The maximum atomic E-state index is 15.5. The Hall–Kier alpha value is -4.44. The molecule has 9 aliphatic heterocycles. The maximum Gasteiger partial charge on any atom is 0.331 e. The van der Waals surface area contributed by atoms with E-state index in [-0.39, 0.29) is 40.9 Å². The SMILES string of the molecule is COc1ccc(/C=C/C(=O)O[C@H]2[C@H](O[C@H]3[C@H](O)[C@@H](O)[C@H](O[C@@H]4CO[C@@H](O[C@@H]5[C@@H](O)[C@H](C)O[C@@H](O[C@H]6[C@H](O[C@H]7CC[C@@]8(C)[C@@H](CC[C@]9(C)[C@@H]8CC=C8[C@@H]%10CC(C)(C)CC[C@]%10(C(=O)O[C@@H]%10O[C@H](CO[C@@H]%11O[C@H](CO)[C@@H](O[C@@H]%12O[C@@H](C)[C@H](O)[C@@H](O)[C@H]%12O)[C@H](O)[C@H]%11O)[C@@H](O)[C@H](O)[C@H]%10O)CC[C@]89C)[C@]7(C)CO)OC[C@H](O)[C@@H]6O)[C@@H]5O)[C@H](O)[C@@H]4O)O[C@@H]3CO)O[C@H](CO)[C@@H](O)[C@@H]2O[C@@H]2O[C@H](CO)[C@@H](O)[C@H](O)[C@H]2O)cc1O. The number of esters is 2. The van der Waals surface area contributed by atoms with Crippen molar-refractivity contribution < 1.29 is 237 Å². The first kappa shape index (κ1) is 110. The Bertz CT molecular complexity index is 4350. The van der Waals surface area contributed by atoms with Crippen LogP contribution in [0.1, 0.15) is 125 Å². The lowest BCUT2D eigenvalue weighted by molar-refractivity contribution is -0.391. The molecule has 48 nitrogen and oxygen atoms in total. The van der Waals surface area contributed by atoms with Crippen LogP contribution in [-0.2, 0) is 99.6 Å². The van der Waals surface area contributed by atoms with Gasteiger partial charge in [0.2, 0.25) is 6.29 Å². The summed E-state index contributed by atoms with van der Waals surface area (Å²) < 4.78 is 119. The molecule has 9 heterocycles. The number of aliphatic hydroxyl groups is 25. The van der Waals surface area contributed by atoms with E-state index in [9.17, 15) is 138 Å². The number of carbonyl (C=O) groups excluding carboxylic acids is 2. The lowest BCUT2D eigenvalue weighted by Gasteiger charge is -2.71. The molecule has 798 valence electrons. The third-order valence-electron chi connectivity index (χ3n) is 33.1. The second kappa shape index (κ2) is 43.6. The molecule has 52 atom stereocenters. The number of methoxy groups -OCH3 is 1. The smallest absolute Gasteiger partial charge is 0.331 e. The zero-order valence-corrected chi connectivity index (χ0v) is 78.9. The molecule has 48 heteroatoms. The molecule has 14 aliphatic rings. The molecule has 13 fully saturated rings. The number of benzene rings is 1. The van der Waals surface area contributed by atoms with Gasteiger partial charge in [-0.25, -0.2) is 4.79 Å². The first-order valence-electron chi connectivity index (χ1n) is 48.0. The van der Waals surface area contributed by atoms with E-state index in [1.165, 1.54) is 45.2 Å². The van der Waals surface area contributed by atoms with Crippen LogP contribution in [-0.4, -0.2) is 475 Å². The molecule has 0 bridgehead atoms. The Morgan fingerprint density at radius 3 is 1.60 bits per heavy atom. The molecule has 0 radical (unpaired) electrons. The highest BCUT2D eigenvalue weighted by Crippen LogP contribution is 2.76. The van der Waals surface area contributed by atoms with Gasteiger partial charge in [0.05, 0.1) is 83.7 Å². The lowest BCUT2D eigenvalue weighted by atomic mass is 9.33. The van der Waals surface area contributed by atoms with Gasteiger partial charge in [0.25, 0.3) is 0 Å². The fourth-order valence-corrected chi connectivity index (χ4v) is 24.4. The summed E-state index contributed by atoms with van der Waals surface area (Å²) >= 11 is 0. The lowest BCUT2D eigenvalue weighted by Crippen LogP contribution is -2.68. The van der Waals surface area contributed by atoms with Crippen LogP contribution in [0, 0.1) is 50.2 Å². The van der Waals surface area contributed by atoms with Gasteiger partial charge >= 0.3 is 11.9 Å². The second-order valence-electron chi connectivity index (χ2n) is 41.9. The van der Waals surface area contributed by atoms with E-state index in [0.29, 0.717) is 64.2 Å². The maximum absolute atomic E-state index is 15.5. The molecule has 0 aromatic heterocycles. The topological polar surface area (TPSA) is 745 Å². The van der Waals surface area contributed by atoms with Crippen molar-refractivity contribution >= 4 is 18.0 Å². The predicted molar refractivity (Wildman–Crippen MR) is 460 cm³/mol. The molecule has 5 aliphatic carbocycles. The zero-order valence-electron chi connectivity index (χ0n) is 78.9. The van der Waals surface area contributed by atoms with Gasteiger partial charge in [0.1, 0.15) is 189 Å². The highest BCUT2D eigenvalue weighted by molar-refractivity contribution is 5.87. The third kappa shape index (κ3) is 20.5. The number of rotatable bonds is 28. The number of phenolic OH excluding ortho intramolecular Hbond substituents is 1. The summed E-state index contributed by atoms with van der Waals surface area (Å²) in [5, 5.41) is 290. The van der Waals surface area contributed by atoms with Crippen LogP contribution >= 0.6 is 0 Å². The van der Waals surface area contributed by atoms with Gasteiger partial charge in [0.15, 0.2) is 67.9 Å². The summed E-state index contributed by atoms with van der Waals surface area (Å²) in [4.78, 5) is 29.3. The molecule has 0 spiro atoms. The fourth-order valence-electron chi connectivity index (χ4n) is 24.4. The van der Waals surface area contributed by atoms with Gasteiger partial charge in [-0.2, -0.15) is 0 Å². The number of aromatic hydroxyl groups is 1. The largest absolute Gasteiger partial charge is 0.504 e. The Morgan fingerprint density at radius 2 is 0.957 bits per heavy atom. The molecule has 9 saturated heterocycles. The van der Waals surface area contributed by atoms with Crippen molar-refractivity contribution in [2.75, 3.05) is 60.0 Å². The van der Waals surface area contributed by atoms with E-state index < -0.39 is 361 Å². The van der Waals surface area contributed by atoms with Gasteiger partial charge in [-0.1, -0.05) is 59.3 Å². The van der Waals surface area contributed by atoms with Crippen molar-refractivity contribution in [2.24, 2.45) is 50.2 Å². The third-order valence-corrected chi connectivity index (χ3v) is 33.1. The average molecular weight is 2020 g/mol. The number of fused-ring (bicyclic) bond motifs is 7. The van der Waals surface area contributed by atoms with Crippen molar-refractivity contribution in [2.45, 2.75) is 390 Å². The number of phenols is 1. The number of allylic oxidation sites excluding steroid dienone is 2.